The summed E-state index contributed by atoms with van der Waals surface area (Å²) in [6.45, 7) is 0. The molecule has 4 rings (SSSR count). The van der Waals surface area contributed by atoms with Crippen LogP contribution in [0.4, 0.5) is 15.8 Å². The number of benzene rings is 3. The van der Waals surface area contributed by atoms with Gasteiger partial charge in [0.15, 0.2) is 0 Å². The van der Waals surface area contributed by atoms with E-state index in [1.165, 1.54) is 16.8 Å². The lowest BCUT2D eigenvalue weighted by Crippen LogP contribution is -2.36. The molecule has 3 aromatic carbocycles. The molecule has 0 radical (unpaired) electrons. The maximum atomic E-state index is 13.1. The molecule has 10 heteroatoms. The Balaban J connectivity index is 1.60. The average molecular weight is 525 g/mol. The number of hydrogen-bond acceptors (Lipinski definition) is 4. The molecule has 0 aliphatic carbocycles. The molecular formula is C24H18BrFN4O4. The van der Waals surface area contributed by atoms with Crippen molar-refractivity contribution < 1.29 is 23.5 Å². The van der Waals surface area contributed by atoms with Crippen LogP contribution < -0.4 is 20.8 Å². The second-order valence-corrected chi connectivity index (χ2v) is 8.07. The summed E-state index contributed by atoms with van der Waals surface area (Å²) in [4.78, 5) is 38.1. The van der Waals surface area contributed by atoms with Crippen LogP contribution in [-0.4, -0.2) is 29.5 Å². The first-order chi connectivity index (χ1) is 16.3. The van der Waals surface area contributed by atoms with Crippen LogP contribution in [0.5, 0.6) is 5.75 Å². The summed E-state index contributed by atoms with van der Waals surface area (Å²) < 4.78 is 20.2. The number of carbonyl (C=O) groups is 3. The lowest BCUT2D eigenvalue weighted by atomic mass is 10.2. The van der Waals surface area contributed by atoms with Gasteiger partial charge in [0, 0.05) is 21.2 Å². The summed E-state index contributed by atoms with van der Waals surface area (Å²) in [5.74, 6) is -2.33. The van der Waals surface area contributed by atoms with E-state index in [1.54, 1.807) is 55.6 Å². The van der Waals surface area contributed by atoms with Crippen molar-refractivity contribution >= 4 is 55.9 Å². The molecule has 3 amide bonds. The zero-order valence-electron chi connectivity index (χ0n) is 17.8. The molecule has 0 spiro atoms. The van der Waals surface area contributed by atoms with Gasteiger partial charge in [-0.15, -0.1) is 0 Å². The molecular weight excluding hydrogens is 507 g/mol. The molecule has 4 aromatic rings. The summed E-state index contributed by atoms with van der Waals surface area (Å²) >= 11 is 3.39. The van der Waals surface area contributed by atoms with E-state index >= 15 is 0 Å². The van der Waals surface area contributed by atoms with E-state index in [4.69, 9.17) is 4.74 Å². The van der Waals surface area contributed by atoms with E-state index < -0.39 is 23.5 Å². The van der Waals surface area contributed by atoms with Crippen LogP contribution >= 0.6 is 15.9 Å². The number of methoxy groups -OCH3 is 1. The monoisotopic (exact) mass is 524 g/mol. The number of halogens is 2. The number of rotatable bonds is 5. The number of nitrogens with one attached hydrogen (secondary N) is 3. The molecule has 0 bridgehead atoms. The topological polar surface area (TPSA) is 101 Å². The van der Waals surface area contributed by atoms with E-state index in [-0.39, 0.29) is 11.4 Å². The van der Waals surface area contributed by atoms with Crippen LogP contribution in [-0.2, 0) is 9.59 Å². The number of nitrogens with zero attached hydrogens (tertiary/aromatic N) is 1. The molecule has 172 valence electrons. The van der Waals surface area contributed by atoms with Gasteiger partial charge in [-0.3, -0.25) is 19.8 Å². The third-order valence-corrected chi connectivity index (χ3v) is 5.36. The van der Waals surface area contributed by atoms with Crippen LogP contribution in [0.1, 0.15) is 10.5 Å². The number of amides is 3. The lowest BCUT2D eigenvalue weighted by Gasteiger charge is -2.13. The second kappa shape index (κ2) is 9.75. The van der Waals surface area contributed by atoms with Gasteiger partial charge in [0.1, 0.15) is 17.3 Å². The zero-order chi connectivity index (χ0) is 24.2. The van der Waals surface area contributed by atoms with Crippen molar-refractivity contribution in [1.29, 1.82) is 0 Å². The highest BCUT2D eigenvalue weighted by Crippen LogP contribution is 2.24. The molecule has 1 heterocycles. The molecule has 0 aliphatic heterocycles. The molecule has 1 aromatic heterocycles. The molecule has 0 atom stereocenters. The zero-order valence-corrected chi connectivity index (χ0v) is 19.4. The first-order valence-electron chi connectivity index (χ1n) is 9.98. The number of ether oxygens (including phenoxy) is 1. The minimum Gasteiger partial charge on any atom is -0.497 e. The molecule has 0 saturated heterocycles. The Bertz CT molecular complexity index is 1380. The van der Waals surface area contributed by atoms with Gasteiger partial charge in [-0.2, -0.15) is 0 Å². The Hall–Kier alpha value is -4.18. The molecule has 0 unspecified atom stereocenters. The largest absolute Gasteiger partial charge is 0.497 e. The van der Waals surface area contributed by atoms with Gasteiger partial charge in [-0.25, -0.2) is 9.07 Å². The van der Waals surface area contributed by atoms with Crippen molar-refractivity contribution in [2.45, 2.75) is 0 Å². The van der Waals surface area contributed by atoms with Gasteiger partial charge in [0.25, 0.3) is 5.91 Å². The van der Waals surface area contributed by atoms with Crippen molar-refractivity contribution in [2.75, 3.05) is 23.2 Å². The number of carbonyl (C=O) groups excluding carboxylic acids is 3. The van der Waals surface area contributed by atoms with Crippen molar-refractivity contribution in [3.8, 4) is 5.75 Å². The summed E-state index contributed by atoms with van der Waals surface area (Å²) in [5, 5.41) is 5.81. The van der Waals surface area contributed by atoms with Crippen molar-refractivity contribution in [3.05, 3.63) is 88.8 Å². The summed E-state index contributed by atoms with van der Waals surface area (Å²) in [7, 11) is 1.54. The third kappa shape index (κ3) is 5.07. The van der Waals surface area contributed by atoms with E-state index in [9.17, 15) is 18.8 Å². The van der Waals surface area contributed by atoms with E-state index in [0.717, 1.165) is 16.6 Å². The molecule has 0 fully saturated rings. The van der Waals surface area contributed by atoms with Crippen molar-refractivity contribution in [2.24, 2.45) is 0 Å². The Kier molecular flexibility index (Phi) is 6.60. The smallest absolute Gasteiger partial charge is 0.328 e. The maximum Gasteiger partial charge on any atom is 0.328 e. The van der Waals surface area contributed by atoms with Crippen LogP contribution in [0.3, 0.4) is 0 Å². The Morgan fingerprint density at radius 3 is 2.18 bits per heavy atom. The SMILES string of the molecule is COc1ccc(NC(=O)c2cc3cc(Br)ccc3n2NC(=O)C(=O)Nc2ccc(F)cc2)cc1. The minimum atomic E-state index is -1.01. The normalized spacial score (nSPS) is 10.6. The van der Waals surface area contributed by atoms with Gasteiger partial charge in [0.05, 0.1) is 12.6 Å². The quantitative estimate of drug-likeness (QED) is 0.334. The van der Waals surface area contributed by atoms with E-state index in [0.29, 0.717) is 22.3 Å². The van der Waals surface area contributed by atoms with Crippen LogP contribution in [0.15, 0.2) is 77.3 Å². The predicted octanol–water partition coefficient (Wildman–Crippen LogP) is 4.51. The maximum absolute atomic E-state index is 13.1. The molecule has 34 heavy (non-hydrogen) atoms. The summed E-state index contributed by atoms with van der Waals surface area (Å²) in [5.41, 5.74) is 3.84. The molecule has 3 N–H and O–H groups in total. The fourth-order valence-corrected chi connectivity index (χ4v) is 3.60. The fourth-order valence-electron chi connectivity index (χ4n) is 3.22. The van der Waals surface area contributed by atoms with Gasteiger partial charge in [0.2, 0.25) is 0 Å². The highest BCUT2D eigenvalue weighted by molar-refractivity contribution is 9.10. The number of fused-ring (bicyclic) bond motifs is 1. The van der Waals surface area contributed by atoms with Gasteiger partial charge in [-0.1, -0.05) is 15.9 Å². The minimum absolute atomic E-state index is 0.104. The van der Waals surface area contributed by atoms with Gasteiger partial charge in [-0.05, 0) is 72.8 Å². The second-order valence-electron chi connectivity index (χ2n) is 7.15. The van der Waals surface area contributed by atoms with Crippen molar-refractivity contribution in [1.82, 2.24) is 4.68 Å². The standard InChI is InChI=1S/C24H18BrFN4O4/c1-34-19-9-7-18(8-10-19)27-22(31)21-13-14-12-15(25)2-11-20(14)30(21)29-24(33)23(32)28-17-5-3-16(26)4-6-17/h2-13H,1H3,(H,27,31)(H,28,32)(H,29,33). The summed E-state index contributed by atoms with van der Waals surface area (Å²) in [6, 6.07) is 18.5. The lowest BCUT2D eigenvalue weighted by molar-refractivity contribution is -0.133. The van der Waals surface area contributed by atoms with Crippen LogP contribution in [0.25, 0.3) is 10.9 Å². The van der Waals surface area contributed by atoms with E-state index in [1.807, 2.05) is 0 Å². The van der Waals surface area contributed by atoms with Crippen LogP contribution in [0, 0.1) is 5.82 Å². The Morgan fingerprint density at radius 2 is 1.50 bits per heavy atom. The number of anilines is 2. The molecule has 0 saturated carbocycles. The van der Waals surface area contributed by atoms with E-state index in [2.05, 4.69) is 32.0 Å². The Morgan fingerprint density at radius 1 is 0.853 bits per heavy atom. The van der Waals surface area contributed by atoms with Gasteiger partial charge < -0.3 is 15.4 Å². The average Bonchev–Trinajstić information content (AvgIpc) is 3.18. The highest BCUT2D eigenvalue weighted by atomic mass is 79.9. The summed E-state index contributed by atoms with van der Waals surface area (Å²) in [6.07, 6.45) is 0. The number of aromatic nitrogens is 1. The predicted molar refractivity (Wildman–Crippen MR) is 130 cm³/mol. The third-order valence-electron chi connectivity index (χ3n) is 4.87. The number of hydrogen-bond donors (Lipinski definition) is 3. The first-order valence-corrected chi connectivity index (χ1v) is 10.8. The molecule has 8 nitrogen and oxygen atoms in total. The first kappa shape index (κ1) is 23.0. The van der Waals surface area contributed by atoms with Gasteiger partial charge >= 0.3 is 11.8 Å². The van der Waals surface area contributed by atoms with Crippen LogP contribution in [0.2, 0.25) is 0 Å². The molecule has 0 aliphatic rings. The fraction of sp³-hybridized carbons (Fsp3) is 0.0417. The Labute approximate surface area is 201 Å². The highest BCUT2D eigenvalue weighted by Gasteiger charge is 2.21. The van der Waals surface area contributed by atoms with Crippen molar-refractivity contribution in [3.63, 3.8) is 0 Å².